The highest BCUT2D eigenvalue weighted by Gasteiger charge is 2.30. The van der Waals surface area contributed by atoms with Crippen molar-refractivity contribution in [1.82, 2.24) is 19.8 Å². The van der Waals surface area contributed by atoms with Gasteiger partial charge in [-0.3, -0.25) is 9.69 Å². The van der Waals surface area contributed by atoms with Crippen LogP contribution in [-0.2, 0) is 6.54 Å². The van der Waals surface area contributed by atoms with Crippen molar-refractivity contribution in [2.75, 3.05) is 26.2 Å². The van der Waals surface area contributed by atoms with Crippen molar-refractivity contribution in [2.24, 2.45) is 0 Å². The van der Waals surface area contributed by atoms with Crippen molar-refractivity contribution in [3.8, 4) is 0 Å². The van der Waals surface area contributed by atoms with Gasteiger partial charge in [0.1, 0.15) is 10.7 Å². The lowest BCUT2D eigenvalue weighted by Gasteiger charge is -2.34. The highest BCUT2D eigenvalue weighted by atomic mass is 32.1. The van der Waals surface area contributed by atoms with Gasteiger partial charge in [0.2, 0.25) is 0 Å². The van der Waals surface area contributed by atoms with Crippen LogP contribution in [0.2, 0.25) is 0 Å². The fraction of sp³-hybridized carbons (Fsp3) is 0.435. The molecule has 150 valence electrons. The molecule has 3 heterocycles. The molecule has 1 saturated carbocycles. The first kappa shape index (κ1) is 18.7. The molecule has 1 saturated heterocycles. The van der Waals surface area contributed by atoms with Crippen molar-refractivity contribution in [1.29, 1.82) is 0 Å². The molecular weight excluding hydrogens is 380 g/mol. The minimum absolute atomic E-state index is 0.150. The number of carbonyl (C=O) groups is 1. The Labute approximate surface area is 175 Å². The molecule has 29 heavy (non-hydrogen) atoms. The molecule has 2 fully saturated rings. The van der Waals surface area contributed by atoms with E-state index in [1.807, 2.05) is 24.8 Å². The topological polar surface area (TPSA) is 49.3 Å². The zero-order chi connectivity index (χ0) is 20.0. The fourth-order valence-corrected chi connectivity index (χ4v) is 5.39. The Morgan fingerprint density at radius 1 is 1.07 bits per heavy atom. The number of aryl methyl sites for hydroxylation is 2. The number of amides is 1. The Bertz CT molecular complexity index is 1050. The average molecular weight is 407 g/mol. The lowest BCUT2D eigenvalue weighted by molar-refractivity contribution is 0.0632. The number of thiophene rings is 1. The third-order valence-corrected chi connectivity index (χ3v) is 7.21. The molecule has 0 N–H and O–H groups in total. The molecule has 0 radical (unpaired) electrons. The summed E-state index contributed by atoms with van der Waals surface area (Å²) in [4.78, 5) is 29.0. The summed E-state index contributed by atoms with van der Waals surface area (Å²) in [5.41, 5.74) is 3.38. The van der Waals surface area contributed by atoms with E-state index >= 15 is 0 Å². The van der Waals surface area contributed by atoms with Gasteiger partial charge in [-0.25, -0.2) is 9.97 Å². The molecule has 1 aromatic carbocycles. The SMILES string of the molecule is Cc1nc(C2CC2)nc2sc(C(=O)N3CCN(Cc4ccccc4)CC3)c(C)c12. The van der Waals surface area contributed by atoms with Gasteiger partial charge >= 0.3 is 0 Å². The molecule has 6 heteroatoms. The monoisotopic (exact) mass is 406 g/mol. The highest BCUT2D eigenvalue weighted by Crippen LogP contribution is 2.40. The summed E-state index contributed by atoms with van der Waals surface area (Å²) in [6.45, 7) is 8.42. The quantitative estimate of drug-likeness (QED) is 0.653. The van der Waals surface area contributed by atoms with E-state index in [2.05, 4.69) is 29.2 Å². The molecular formula is C23H26N4OS. The van der Waals surface area contributed by atoms with E-state index in [1.165, 1.54) is 18.4 Å². The van der Waals surface area contributed by atoms with Gasteiger partial charge in [-0.2, -0.15) is 0 Å². The third-order valence-electron chi connectivity index (χ3n) is 6.03. The predicted molar refractivity (Wildman–Crippen MR) is 116 cm³/mol. The van der Waals surface area contributed by atoms with Gasteiger partial charge in [0.15, 0.2) is 0 Å². The zero-order valence-electron chi connectivity index (χ0n) is 17.0. The van der Waals surface area contributed by atoms with E-state index in [4.69, 9.17) is 9.97 Å². The summed E-state index contributed by atoms with van der Waals surface area (Å²) in [7, 11) is 0. The summed E-state index contributed by atoms with van der Waals surface area (Å²) < 4.78 is 0. The molecule has 0 unspecified atom stereocenters. The van der Waals surface area contributed by atoms with Crippen molar-refractivity contribution in [3.05, 3.63) is 57.9 Å². The summed E-state index contributed by atoms with van der Waals surface area (Å²) in [5, 5.41) is 1.07. The molecule has 1 amide bonds. The maximum atomic E-state index is 13.3. The summed E-state index contributed by atoms with van der Waals surface area (Å²) in [5.74, 6) is 1.64. The highest BCUT2D eigenvalue weighted by molar-refractivity contribution is 7.20. The predicted octanol–water partition coefficient (Wildman–Crippen LogP) is 4.14. The van der Waals surface area contributed by atoms with Gasteiger partial charge < -0.3 is 4.90 Å². The van der Waals surface area contributed by atoms with Gasteiger partial charge in [0.25, 0.3) is 5.91 Å². The van der Waals surface area contributed by atoms with Crippen LogP contribution in [0, 0.1) is 13.8 Å². The zero-order valence-corrected chi connectivity index (χ0v) is 17.8. The maximum absolute atomic E-state index is 13.3. The largest absolute Gasteiger partial charge is 0.335 e. The maximum Gasteiger partial charge on any atom is 0.264 e. The molecule has 2 aliphatic rings. The number of rotatable bonds is 4. The Morgan fingerprint density at radius 3 is 2.48 bits per heavy atom. The average Bonchev–Trinajstić information content (AvgIpc) is 3.53. The Balaban J connectivity index is 1.31. The van der Waals surface area contributed by atoms with Gasteiger partial charge in [-0.1, -0.05) is 30.3 Å². The minimum atomic E-state index is 0.150. The van der Waals surface area contributed by atoms with E-state index in [0.29, 0.717) is 5.92 Å². The molecule has 0 atom stereocenters. The van der Waals surface area contributed by atoms with E-state index in [-0.39, 0.29) is 5.91 Å². The smallest absolute Gasteiger partial charge is 0.264 e. The van der Waals surface area contributed by atoms with E-state index < -0.39 is 0 Å². The third kappa shape index (κ3) is 3.67. The van der Waals surface area contributed by atoms with E-state index in [0.717, 1.165) is 64.9 Å². The van der Waals surface area contributed by atoms with Crippen LogP contribution in [0.3, 0.4) is 0 Å². The van der Waals surface area contributed by atoms with Gasteiger partial charge in [-0.05, 0) is 37.8 Å². The van der Waals surface area contributed by atoms with Crippen LogP contribution < -0.4 is 0 Å². The van der Waals surface area contributed by atoms with Crippen molar-refractivity contribution in [2.45, 2.75) is 39.2 Å². The van der Waals surface area contributed by atoms with Gasteiger partial charge in [0.05, 0.1) is 10.6 Å². The van der Waals surface area contributed by atoms with Crippen LogP contribution in [0.1, 0.15) is 51.1 Å². The normalized spacial score (nSPS) is 17.8. The molecule has 1 aliphatic heterocycles. The van der Waals surface area contributed by atoms with Crippen molar-refractivity contribution < 1.29 is 4.79 Å². The van der Waals surface area contributed by atoms with Crippen LogP contribution in [0.25, 0.3) is 10.2 Å². The van der Waals surface area contributed by atoms with E-state index in [1.54, 1.807) is 11.3 Å². The molecule has 1 aliphatic carbocycles. The summed E-state index contributed by atoms with van der Waals surface area (Å²) >= 11 is 1.55. The van der Waals surface area contributed by atoms with E-state index in [9.17, 15) is 4.79 Å². The van der Waals surface area contributed by atoms with Crippen molar-refractivity contribution >= 4 is 27.5 Å². The minimum Gasteiger partial charge on any atom is -0.335 e. The standard InChI is InChI=1S/C23H26N4OS/c1-15-19-16(2)24-21(18-8-9-18)25-22(19)29-20(15)23(28)27-12-10-26(11-13-27)14-17-6-4-3-5-7-17/h3-7,18H,8-14H2,1-2H3. The number of carbonyl (C=O) groups excluding carboxylic acids is 1. The van der Waals surface area contributed by atoms with Crippen molar-refractivity contribution in [3.63, 3.8) is 0 Å². The number of nitrogens with zero attached hydrogens (tertiary/aromatic N) is 4. The number of piperazine rings is 1. The number of fused-ring (bicyclic) bond motifs is 1. The number of aromatic nitrogens is 2. The van der Waals surface area contributed by atoms with Gasteiger partial charge in [-0.15, -0.1) is 11.3 Å². The lowest BCUT2D eigenvalue weighted by atomic mass is 10.1. The van der Waals surface area contributed by atoms with Gasteiger partial charge in [0, 0.05) is 44.0 Å². The van der Waals surface area contributed by atoms with Crippen LogP contribution >= 0.6 is 11.3 Å². The summed E-state index contributed by atoms with van der Waals surface area (Å²) in [6, 6.07) is 10.5. The molecule has 3 aromatic rings. The second kappa shape index (κ2) is 7.50. The number of hydrogen-bond donors (Lipinski definition) is 0. The molecule has 5 nitrogen and oxygen atoms in total. The molecule has 2 aromatic heterocycles. The fourth-order valence-electron chi connectivity index (χ4n) is 4.18. The second-order valence-corrected chi connectivity index (χ2v) is 9.23. The van der Waals surface area contributed by atoms with Crippen LogP contribution in [0.15, 0.2) is 30.3 Å². The van der Waals surface area contributed by atoms with Crippen LogP contribution in [0.4, 0.5) is 0 Å². The Morgan fingerprint density at radius 2 is 1.79 bits per heavy atom. The van der Waals surface area contributed by atoms with Crippen LogP contribution in [-0.4, -0.2) is 51.9 Å². The Hall–Kier alpha value is -2.31. The first-order chi connectivity index (χ1) is 14.1. The molecule has 5 rings (SSSR count). The first-order valence-electron chi connectivity index (χ1n) is 10.4. The molecule has 0 spiro atoms. The van der Waals surface area contributed by atoms with Crippen LogP contribution in [0.5, 0.6) is 0 Å². The molecule has 0 bridgehead atoms. The lowest BCUT2D eigenvalue weighted by Crippen LogP contribution is -2.48. The summed E-state index contributed by atoms with van der Waals surface area (Å²) in [6.07, 6.45) is 2.38. The number of hydrogen-bond acceptors (Lipinski definition) is 5. The number of benzene rings is 1. The first-order valence-corrected chi connectivity index (χ1v) is 11.2. The Kier molecular flexibility index (Phi) is 4.84. The second-order valence-electron chi connectivity index (χ2n) is 8.23.